The molecular formula is C22H31N3O13. The van der Waals surface area contributed by atoms with Crippen LogP contribution in [0, 0.1) is 10.1 Å². The number of hydrogen-bond acceptors (Lipinski definition) is 13. The van der Waals surface area contributed by atoms with Crippen molar-refractivity contribution >= 4 is 17.5 Å². The number of nitro benzene ring substituents is 1. The van der Waals surface area contributed by atoms with Crippen molar-refractivity contribution in [2.75, 3.05) is 13.2 Å². The van der Waals surface area contributed by atoms with E-state index in [1.54, 1.807) is 0 Å². The predicted molar refractivity (Wildman–Crippen MR) is 123 cm³/mol. The molecule has 7 N–H and O–H groups in total. The third kappa shape index (κ3) is 6.72. The number of hydrogen-bond donors (Lipinski definition) is 7. The quantitative estimate of drug-likeness (QED) is 0.120. The van der Waals surface area contributed by atoms with Gasteiger partial charge in [-0.15, -0.1) is 0 Å². The van der Waals surface area contributed by atoms with Crippen LogP contribution in [0.5, 0.6) is 5.75 Å². The van der Waals surface area contributed by atoms with E-state index in [1.165, 1.54) is 31.2 Å². The molecule has 0 aliphatic carbocycles. The third-order valence-electron chi connectivity index (χ3n) is 6.06. The van der Waals surface area contributed by atoms with Crippen molar-refractivity contribution in [3.8, 4) is 5.75 Å². The SMILES string of the molecule is CC(=O)NC1[C@H](Oc2ccc([N+](=O)[O-])cc2)OC(CO)[C@@H](O[C@@H]2OC(CO)[C@H](O)[C@H](O)C2NC(C)=O)[C@@H]1O. The number of ether oxygens (including phenoxy) is 4. The highest BCUT2D eigenvalue weighted by molar-refractivity contribution is 5.73. The number of nitrogens with one attached hydrogen (secondary N) is 2. The van der Waals surface area contributed by atoms with Crippen molar-refractivity contribution in [3.63, 3.8) is 0 Å². The first-order valence-corrected chi connectivity index (χ1v) is 11.6. The molecule has 1 aromatic rings. The number of carbonyl (C=O) groups is 2. The molecule has 4 unspecified atom stereocenters. The van der Waals surface area contributed by atoms with Crippen molar-refractivity contribution in [1.82, 2.24) is 10.6 Å². The number of aliphatic hydroxyl groups is 5. The lowest BCUT2D eigenvalue weighted by molar-refractivity contribution is -0.384. The Morgan fingerprint density at radius 3 is 1.92 bits per heavy atom. The number of amides is 2. The monoisotopic (exact) mass is 545 g/mol. The molecule has 2 amide bonds. The molecule has 38 heavy (non-hydrogen) atoms. The molecule has 2 fully saturated rings. The van der Waals surface area contributed by atoms with E-state index in [-0.39, 0.29) is 11.4 Å². The van der Waals surface area contributed by atoms with Gasteiger partial charge in [-0.1, -0.05) is 0 Å². The highest BCUT2D eigenvalue weighted by atomic mass is 16.7. The van der Waals surface area contributed by atoms with Crippen LogP contribution >= 0.6 is 0 Å². The van der Waals surface area contributed by atoms with Gasteiger partial charge in [0.15, 0.2) is 6.29 Å². The van der Waals surface area contributed by atoms with Crippen LogP contribution in [0.4, 0.5) is 5.69 Å². The van der Waals surface area contributed by atoms with Gasteiger partial charge >= 0.3 is 0 Å². The molecule has 0 spiro atoms. The molecular weight excluding hydrogens is 514 g/mol. The van der Waals surface area contributed by atoms with Crippen molar-refractivity contribution < 1.29 is 59.0 Å². The molecule has 2 aliphatic rings. The number of nitrogens with zero attached hydrogens (tertiary/aromatic N) is 1. The Kier molecular flexibility index (Phi) is 9.91. The molecule has 3 rings (SSSR count). The van der Waals surface area contributed by atoms with Gasteiger partial charge in [0.05, 0.1) is 18.1 Å². The summed E-state index contributed by atoms with van der Waals surface area (Å²) in [4.78, 5) is 33.9. The summed E-state index contributed by atoms with van der Waals surface area (Å²) in [6.07, 6.45) is -11.8. The fourth-order valence-electron chi connectivity index (χ4n) is 4.25. The molecule has 16 nitrogen and oxygen atoms in total. The summed E-state index contributed by atoms with van der Waals surface area (Å²) >= 11 is 0. The summed E-state index contributed by atoms with van der Waals surface area (Å²) in [5.41, 5.74) is -0.197. The molecule has 2 aliphatic heterocycles. The molecule has 2 heterocycles. The van der Waals surface area contributed by atoms with Crippen molar-refractivity contribution in [1.29, 1.82) is 0 Å². The maximum atomic E-state index is 11.9. The van der Waals surface area contributed by atoms with Gasteiger partial charge in [-0.2, -0.15) is 0 Å². The summed E-state index contributed by atoms with van der Waals surface area (Å²) in [6, 6.07) is 2.29. The zero-order valence-corrected chi connectivity index (χ0v) is 20.4. The number of nitro groups is 1. The smallest absolute Gasteiger partial charge is 0.269 e. The van der Waals surface area contributed by atoms with E-state index in [1.807, 2.05) is 0 Å². The van der Waals surface area contributed by atoms with Gasteiger partial charge in [0, 0.05) is 26.0 Å². The Balaban J connectivity index is 1.86. The summed E-state index contributed by atoms with van der Waals surface area (Å²) < 4.78 is 22.8. The van der Waals surface area contributed by atoms with E-state index in [0.29, 0.717) is 0 Å². The molecule has 0 saturated carbocycles. The first kappa shape index (κ1) is 29.6. The molecule has 10 atom stereocenters. The van der Waals surface area contributed by atoms with E-state index < -0.39 is 91.2 Å². The summed E-state index contributed by atoms with van der Waals surface area (Å²) in [5, 5.41) is 67.2. The first-order valence-electron chi connectivity index (χ1n) is 11.6. The number of non-ortho nitro benzene ring substituents is 1. The molecule has 16 heteroatoms. The Bertz CT molecular complexity index is 980. The van der Waals surface area contributed by atoms with Crippen LogP contribution in [0.1, 0.15) is 13.8 Å². The van der Waals surface area contributed by atoms with Crippen LogP contribution in [0.2, 0.25) is 0 Å². The number of aliphatic hydroxyl groups excluding tert-OH is 5. The largest absolute Gasteiger partial charge is 0.463 e. The van der Waals surface area contributed by atoms with Crippen LogP contribution in [0.25, 0.3) is 0 Å². The van der Waals surface area contributed by atoms with Crippen molar-refractivity contribution in [2.24, 2.45) is 0 Å². The summed E-state index contributed by atoms with van der Waals surface area (Å²) in [5.74, 6) is -1.09. The Labute approximate surface area is 216 Å². The fourth-order valence-corrected chi connectivity index (χ4v) is 4.25. The first-order chi connectivity index (χ1) is 18.0. The minimum atomic E-state index is -1.63. The normalized spacial score (nSPS) is 35.2. The minimum Gasteiger partial charge on any atom is -0.463 e. The zero-order chi connectivity index (χ0) is 28.1. The van der Waals surface area contributed by atoms with Gasteiger partial charge in [0.1, 0.15) is 54.5 Å². The van der Waals surface area contributed by atoms with E-state index in [4.69, 9.17) is 18.9 Å². The van der Waals surface area contributed by atoms with Crippen LogP contribution in [-0.2, 0) is 23.8 Å². The molecule has 2 saturated heterocycles. The van der Waals surface area contributed by atoms with Gasteiger partial charge in [-0.3, -0.25) is 19.7 Å². The minimum absolute atomic E-state index is 0.100. The average Bonchev–Trinajstić information content (AvgIpc) is 2.86. The van der Waals surface area contributed by atoms with E-state index in [2.05, 4.69) is 10.6 Å². The third-order valence-corrected chi connectivity index (χ3v) is 6.06. The number of carbonyl (C=O) groups excluding carboxylic acids is 2. The average molecular weight is 545 g/mol. The zero-order valence-electron chi connectivity index (χ0n) is 20.4. The van der Waals surface area contributed by atoms with E-state index in [9.17, 15) is 45.2 Å². The number of rotatable bonds is 9. The van der Waals surface area contributed by atoms with Crippen LogP contribution in [-0.4, -0.2) is 117 Å². The van der Waals surface area contributed by atoms with Crippen molar-refractivity contribution in [3.05, 3.63) is 34.4 Å². The standard InChI is InChI=1S/C22H31N3O13/c1-9(28)23-15-18(31)17(30)13(7-26)36-22(15)38-20-14(8-27)37-21(16(19(20)32)24-10(2)29)35-12-5-3-11(4-6-12)25(33)34/h3-6,13-22,26-27,30-32H,7-8H2,1-2H3,(H,23,28)(H,24,29)/t13?,14?,15?,16?,17-,18+,19+,20+,21+,22-/m0/s1. The lowest BCUT2D eigenvalue weighted by atomic mass is 9.94. The Morgan fingerprint density at radius 2 is 1.42 bits per heavy atom. The fraction of sp³-hybridized carbons (Fsp3) is 0.636. The highest BCUT2D eigenvalue weighted by Crippen LogP contribution is 2.31. The molecule has 0 aromatic heterocycles. The van der Waals surface area contributed by atoms with Gasteiger partial charge < -0.3 is 55.1 Å². The van der Waals surface area contributed by atoms with E-state index >= 15 is 0 Å². The second-order valence-electron chi connectivity index (χ2n) is 8.84. The topological polar surface area (TPSA) is 239 Å². The Hall–Kier alpha value is -2.96. The second-order valence-corrected chi connectivity index (χ2v) is 8.84. The van der Waals surface area contributed by atoms with Crippen molar-refractivity contribution in [2.45, 2.75) is 75.1 Å². The number of benzene rings is 1. The summed E-state index contributed by atoms with van der Waals surface area (Å²) in [7, 11) is 0. The lowest BCUT2D eigenvalue weighted by Crippen LogP contribution is -2.69. The molecule has 0 radical (unpaired) electrons. The molecule has 0 bridgehead atoms. The highest BCUT2D eigenvalue weighted by Gasteiger charge is 2.52. The van der Waals surface area contributed by atoms with E-state index in [0.717, 1.165) is 6.92 Å². The second kappa shape index (κ2) is 12.7. The van der Waals surface area contributed by atoms with Crippen LogP contribution < -0.4 is 15.4 Å². The predicted octanol–water partition coefficient (Wildman–Crippen LogP) is -3.11. The van der Waals surface area contributed by atoms with Gasteiger partial charge in [0.25, 0.3) is 5.69 Å². The summed E-state index contributed by atoms with van der Waals surface area (Å²) in [6.45, 7) is 0.888. The van der Waals surface area contributed by atoms with Gasteiger partial charge in [-0.25, -0.2) is 0 Å². The lowest BCUT2D eigenvalue weighted by Gasteiger charge is -2.48. The van der Waals surface area contributed by atoms with Crippen LogP contribution in [0.3, 0.4) is 0 Å². The van der Waals surface area contributed by atoms with Crippen LogP contribution in [0.15, 0.2) is 24.3 Å². The van der Waals surface area contributed by atoms with Gasteiger partial charge in [-0.05, 0) is 12.1 Å². The maximum Gasteiger partial charge on any atom is 0.269 e. The maximum absolute atomic E-state index is 11.9. The molecule has 1 aromatic carbocycles. The Morgan fingerprint density at radius 1 is 0.895 bits per heavy atom. The molecule has 212 valence electrons. The van der Waals surface area contributed by atoms with Gasteiger partial charge in [0.2, 0.25) is 18.1 Å².